The predicted molar refractivity (Wildman–Crippen MR) is 154 cm³/mol. The van der Waals surface area contributed by atoms with Crippen molar-refractivity contribution < 1.29 is 17.9 Å². The Labute approximate surface area is 234 Å². The van der Waals surface area contributed by atoms with Crippen molar-refractivity contribution in [1.82, 2.24) is 18.5 Å². The lowest BCUT2D eigenvalue weighted by Crippen LogP contribution is -2.33. The minimum atomic E-state index is -4.10. The molecule has 4 aromatic heterocycles. The van der Waals surface area contributed by atoms with E-state index in [1.54, 1.807) is 48.8 Å². The molecule has 202 valence electrons. The van der Waals surface area contributed by atoms with Crippen LogP contribution in [-0.2, 0) is 22.7 Å². The van der Waals surface area contributed by atoms with Crippen molar-refractivity contribution in [2.24, 2.45) is 7.05 Å². The molecule has 6 aromatic rings. The summed E-state index contributed by atoms with van der Waals surface area (Å²) >= 11 is 1.41. The van der Waals surface area contributed by atoms with E-state index in [2.05, 4.69) is 9.97 Å². The average Bonchev–Trinajstić information content (AvgIpc) is 3.63. The largest absolute Gasteiger partial charge is 0.383 e. The number of hydrogen-bond acceptors (Lipinski definition) is 6. The third kappa shape index (κ3) is 3.74. The quantitative estimate of drug-likeness (QED) is 0.259. The van der Waals surface area contributed by atoms with Crippen LogP contribution in [-0.4, -0.2) is 32.0 Å². The second-order valence-electron chi connectivity index (χ2n) is 10.4. The van der Waals surface area contributed by atoms with Crippen LogP contribution >= 0.6 is 11.3 Å². The number of halogens is 1. The van der Waals surface area contributed by atoms with Crippen LogP contribution in [0.15, 0.2) is 78.1 Å². The number of aryl methyl sites for hydroxylation is 2. The van der Waals surface area contributed by atoms with Crippen molar-refractivity contribution in [3.8, 4) is 21.7 Å². The second kappa shape index (κ2) is 8.82. The molecule has 1 N–H and O–H groups in total. The van der Waals surface area contributed by atoms with Gasteiger partial charge in [0.15, 0.2) is 5.65 Å². The summed E-state index contributed by atoms with van der Waals surface area (Å²) in [4.78, 5) is 10.0. The molecule has 0 radical (unpaired) electrons. The summed E-state index contributed by atoms with van der Waals surface area (Å²) in [7, 11) is -2.25. The molecule has 0 spiro atoms. The van der Waals surface area contributed by atoms with Gasteiger partial charge in [0.1, 0.15) is 16.4 Å². The summed E-state index contributed by atoms with van der Waals surface area (Å²) < 4.78 is 46.1. The van der Waals surface area contributed by atoms with Crippen LogP contribution in [0.2, 0.25) is 0 Å². The molecule has 40 heavy (non-hydrogen) atoms. The van der Waals surface area contributed by atoms with E-state index < -0.39 is 21.4 Å². The lowest BCUT2D eigenvalue weighted by Gasteiger charge is -2.34. The first-order chi connectivity index (χ1) is 19.2. The van der Waals surface area contributed by atoms with Gasteiger partial charge in [0.2, 0.25) is 0 Å². The number of rotatable bonds is 5. The minimum Gasteiger partial charge on any atom is -0.383 e. The maximum Gasteiger partial charge on any atom is 0.269 e. The van der Waals surface area contributed by atoms with Gasteiger partial charge in [-0.25, -0.2) is 26.7 Å². The van der Waals surface area contributed by atoms with Crippen LogP contribution in [0.4, 0.5) is 4.39 Å². The lowest BCUT2D eigenvalue weighted by molar-refractivity contribution is -0.0389. The van der Waals surface area contributed by atoms with Crippen LogP contribution in [0, 0.1) is 12.7 Å². The number of nitrogens with zero attached hydrogens (tertiary/aromatic N) is 4. The molecule has 0 unspecified atom stereocenters. The Kier molecular flexibility index (Phi) is 5.54. The van der Waals surface area contributed by atoms with Gasteiger partial charge in [-0.05, 0) is 68.7 Å². The normalized spacial score (nSPS) is 15.1. The molecule has 0 bridgehead atoms. The smallest absolute Gasteiger partial charge is 0.269 e. The number of hydrogen-bond donors (Lipinski definition) is 1. The van der Waals surface area contributed by atoms with Gasteiger partial charge >= 0.3 is 0 Å². The van der Waals surface area contributed by atoms with Gasteiger partial charge in [0, 0.05) is 53.1 Å². The fourth-order valence-electron chi connectivity index (χ4n) is 5.44. The molecule has 0 saturated heterocycles. The molecule has 1 aliphatic carbocycles. The lowest BCUT2D eigenvalue weighted by atomic mass is 9.81. The number of thiazole rings is 1. The van der Waals surface area contributed by atoms with Crippen LogP contribution in [0.1, 0.15) is 29.8 Å². The summed E-state index contributed by atoms with van der Waals surface area (Å²) in [5.41, 5.74) is 2.81. The van der Waals surface area contributed by atoms with Crippen LogP contribution < -0.4 is 0 Å². The fraction of sp³-hybridized carbons (Fsp3) is 0.200. The van der Waals surface area contributed by atoms with E-state index in [1.165, 1.54) is 27.4 Å². The van der Waals surface area contributed by atoms with E-state index in [0.717, 1.165) is 27.9 Å². The molecule has 7 rings (SSSR count). The molecular weight excluding hydrogens is 547 g/mol. The first-order valence-electron chi connectivity index (χ1n) is 12.9. The van der Waals surface area contributed by atoms with Crippen molar-refractivity contribution in [2.45, 2.75) is 36.7 Å². The molecule has 4 heterocycles. The third-order valence-electron chi connectivity index (χ3n) is 7.80. The topological polar surface area (TPSA) is 90.0 Å². The number of aromatic nitrogens is 4. The van der Waals surface area contributed by atoms with Crippen LogP contribution in [0.25, 0.3) is 43.6 Å². The molecule has 0 atom stereocenters. The number of pyridine rings is 1. The fourth-order valence-corrected chi connectivity index (χ4v) is 8.02. The summed E-state index contributed by atoms with van der Waals surface area (Å²) in [6.07, 6.45) is 7.44. The van der Waals surface area contributed by atoms with Crippen molar-refractivity contribution in [3.63, 3.8) is 0 Å². The van der Waals surface area contributed by atoms with Crippen molar-refractivity contribution in [1.29, 1.82) is 0 Å². The molecule has 1 saturated carbocycles. The Hall–Kier alpha value is -3.86. The van der Waals surface area contributed by atoms with Gasteiger partial charge < -0.3 is 9.67 Å². The molecule has 0 aliphatic heterocycles. The summed E-state index contributed by atoms with van der Waals surface area (Å²) in [5, 5.41) is 12.7. The Bertz CT molecular complexity index is 2050. The highest BCUT2D eigenvalue weighted by atomic mass is 32.2. The monoisotopic (exact) mass is 572 g/mol. The Balaban J connectivity index is 1.52. The van der Waals surface area contributed by atoms with E-state index in [0.29, 0.717) is 39.9 Å². The zero-order valence-corrected chi connectivity index (χ0v) is 23.4. The first kappa shape index (κ1) is 25.1. The van der Waals surface area contributed by atoms with Gasteiger partial charge in [-0.1, -0.05) is 17.7 Å². The molecule has 10 heteroatoms. The van der Waals surface area contributed by atoms with Crippen molar-refractivity contribution >= 4 is 43.3 Å². The van der Waals surface area contributed by atoms with E-state index in [1.807, 2.05) is 30.8 Å². The third-order valence-corrected chi connectivity index (χ3v) is 10.7. The van der Waals surface area contributed by atoms with Gasteiger partial charge in [-0.3, -0.25) is 0 Å². The van der Waals surface area contributed by atoms with Crippen molar-refractivity contribution in [2.75, 3.05) is 0 Å². The molecule has 2 aromatic carbocycles. The zero-order valence-electron chi connectivity index (χ0n) is 21.8. The summed E-state index contributed by atoms with van der Waals surface area (Å²) in [6.45, 7) is 1.90. The zero-order chi connectivity index (χ0) is 27.8. The van der Waals surface area contributed by atoms with Crippen molar-refractivity contribution in [3.05, 3.63) is 89.6 Å². The van der Waals surface area contributed by atoms with Gasteiger partial charge in [-0.15, -0.1) is 11.3 Å². The Morgan fingerprint density at radius 3 is 2.50 bits per heavy atom. The van der Waals surface area contributed by atoms with E-state index in [9.17, 15) is 17.9 Å². The average molecular weight is 573 g/mol. The minimum absolute atomic E-state index is 0.128. The van der Waals surface area contributed by atoms with Crippen LogP contribution in [0.5, 0.6) is 0 Å². The Morgan fingerprint density at radius 2 is 1.77 bits per heavy atom. The van der Waals surface area contributed by atoms with Gasteiger partial charge in [0.05, 0.1) is 15.5 Å². The van der Waals surface area contributed by atoms with Crippen LogP contribution in [0.3, 0.4) is 0 Å². The highest BCUT2D eigenvalue weighted by molar-refractivity contribution is 7.90. The molecule has 1 aliphatic rings. The number of benzene rings is 2. The standard InChI is InChI=1S/C30H25FN4O3S2/c1-18-4-7-20(8-5-18)40(37,38)35-26(24-17-34(2)25-9-6-19(31)14-22(24)25)15-23-21(10-13-32-28(23)35)27-16-33-29(39-27)30(36)11-3-12-30/h4-10,13-17,36H,3,11-12H2,1-2H3. The molecule has 1 fully saturated rings. The summed E-state index contributed by atoms with van der Waals surface area (Å²) in [5.74, 6) is -0.408. The summed E-state index contributed by atoms with van der Waals surface area (Å²) in [6, 6.07) is 14.8. The first-order valence-corrected chi connectivity index (χ1v) is 15.2. The predicted octanol–water partition coefficient (Wildman–Crippen LogP) is 6.37. The highest BCUT2D eigenvalue weighted by Gasteiger charge is 2.39. The van der Waals surface area contributed by atoms with E-state index in [4.69, 9.17) is 0 Å². The molecular formula is C30H25FN4O3S2. The molecule has 7 nitrogen and oxygen atoms in total. The molecule has 0 amide bonds. The number of fused-ring (bicyclic) bond motifs is 2. The van der Waals surface area contributed by atoms with E-state index >= 15 is 0 Å². The highest BCUT2D eigenvalue weighted by Crippen LogP contribution is 2.46. The Morgan fingerprint density at radius 1 is 1.00 bits per heavy atom. The van der Waals surface area contributed by atoms with E-state index in [-0.39, 0.29) is 10.5 Å². The maximum atomic E-state index is 14.4. The number of aliphatic hydroxyl groups is 1. The SMILES string of the molecule is Cc1ccc(S(=O)(=O)n2c(-c3cn(C)c4ccc(F)cc34)cc3c(-c4cnc(C5(O)CCC5)s4)ccnc32)cc1. The second-order valence-corrected chi connectivity index (χ2v) is 13.3. The van der Waals surface area contributed by atoms with Gasteiger partial charge in [-0.2, -0.15) is 0 Å². The van der Waals surface area contributed by atoms with Gasteiger partial charge in [0.25, 0.3) is 10.0 Å². The maximum absolute atomic E-state index is 14.4.